The van der Waals surface area contributed by atoms with Gasteiger partial charge in [-0.3, -0.25) is 14.5 Å². The van der Waals surface area contributed by atoms with Crippen molar-refractivity contribution in [3.8, 4) is 5.75 Å². The van der Waals surface area contributed by atoms with Gasteiger partial charge in [0.15, 0.2) is 0 Å². The average molecular weight is 335 g/mol. The fraction of sp³-hybridized carbons (Fsp3) is 0.438. The Kier molecular flexibility index (Phi) is 5.28. The van der Waals surface area contributed by atoms with Gasteiger partial charge in [-0.25, -0.2) is 4.79 Å². The lowest BCUT2D eigenvalue weighted by molar-refractivity contribution is -0.141. The highest BCUT2D eigenvalue weighted by atomic mass is 16.5. The van der Waals surface area contributed by atoms with Gasteiger partial charge in [0, 0.05) is 32.2 Å². The molecule has 2 rings (SSSR count). The third-order valence-corrected chi connectivity index (χ3v) is 3.89. The van der Waals surface area contributed by atoms with Crippen LogP contribution in [0.1, 0.15) is 17.3 Å². The molecule has 8 nitrogen and oxygen atoms in total. The molecule has 1 aromatic carbocycles. The van der Waals surface area contributed by atoms with Gasteiger partial charge in [0.25, 0.3) is 5.91 Å². The number of methoxy groups -OCH3 is 1. The van der Waals surface area contributed by atoms with Crippen LogP contribution < -0.4 is 15.0 Å². The highest BCUT2D eigenvalue weighted by Gasteiger charge is 2.26. The summed E-state index contributed by atoms with van der Waals surface area (Å²) in [5.41, 5.74) is 0.878. The van der Waals surface area contributed by atoms with Gasteiger partial charge in [0.1, 0.15) is 5.75 Å². The minimum absolute atomic E-state index is 0.0970. The number of benzene rings is 1. The largest absolute Gasteiger partial charge is 0.495 e. The summed E-state index contributed by atoms with van der Waals surface area (Å²) in [7, 11) is 3.04. The van der Waals surface area contributed by atoms with Crippen molar-refractivity contribution in [3.05, 3.63) is 23.8 Å². The summed E-state index contributed by atoms with van der Waals surface area (Å²) < 4.78 is 5.27. The molecule has 1 saturated heterocycles. The number of amides is 3. The highest BCUT2D eigenvalue weighted by Crippen LogP contribution is 2.30. The number of urea groups is 1. The molecule has 1 atom stereocenters. The molecule has 0 aliphatic carbocycles. The summed E-state index contributed by atoms with van der Waals surface area (Å²) in [4.78, 5) is 38.2. The van der Waals surface area contributed by atoms with E-state index in [0.29, 0.717) is 30.1 Å². The summed E-state index contributed by atoms with van der Waals surface area (Å²) in [6, 6.07) is 4.57. The first-order valence-corrected chi connectivity index (χ1v) is 7.56. The third-order valence-electron chi connectivity index (χ3n) is 3.89. The zero-order valence-electron chi connectivity index (χ0n) is 13.9. The van der Waals surface area contributed by atoms with Gasteiger partial charge in [-0.2, -0.15) is 0 Å². The second-order valence-electron chi connectivity index (χ2n) is 5.70. The van der Waals surface area contributed by atoms with E-state index in [-0.39, 0.29) is 18.5 Å². The first-order chi connectivity index (χ1) is 11.3. The van der Waals surface area contributed by atoms with Crippen LogP contribution in [-0.4, -0.2) is 61.7 Å². The van der Waals surface area contributed by atoms with Crippen molar-refractivity contribution in [2.45, 2.75) is 6.92 Å². The van der Waals surface area contributed by atoms with E-state index in [1.807, 2.05) is 0 Å². The van der Waals surface area contributed by atoms with Gasteiger partial charge in [0.2, 0.25) is 0 Å². The van der Waals surface area contributed by atoms with Crippen molar-refractivity contribution in [2.24, 2.45) is 5.92 Å². The molecule has 1 aliphatic heterocycles. The van der Waals surface area contributed by atoms with Crippen LogP contribution in [0.3, 0.4) is 0 Å². The molecular formula is C16H21N3O5. The second kappa shape index (κ2) is 7.20. The topological polar surface area (TPSA) is 99.2 Å². The van der Waals surface area contributed by atoms with E-state index in [1.165, 1.54) is 16.9 Å². The average Bonchev–Trinajstić information content (AvgIpc) is 2.99. The van der Waals surface area contributed by atoms with Crippen LogP contribution in [-0.2, 0) is 4.79 Å². The zero-order valence-corrected chi connectivity index (χ0v) is 13.9. The van der Waals surface area contributed by atoms with E-state index in [2.05, 4.69) is 5.32 Å². The van der Waals surface area contributed by atoms with E-state index >= 15 is 0 Å². The normalized spacial score (nSPS) is 15.0. The van der Waals surface area contributed by atoms with Gasteiger partial charge < -0.3 is 20.1 Å². The molecule has 1 heterocycles. The minimum atomic E-state index is -0.959. The number of hydrogen-bond acceptors (Lipinski definition) is 4. The molecule has 1 unspecified atom stereocenters. The Morgan fingerprint density at radius 3 is 2.71 bits per heavy atom. The molecule has 2 N–H and O–H groups in total. The number of hydrogen-bond donors (Lipinski definition) is 2. The first-order valence-electron chi connectivity index (χ1n) is 7.56. The number of anilines is 1. The number of nitrogens with zero attached hydrogens (tertiary/aromatic N) is 2. The van der Waals surface area contributed by atoms with Crippen LogP contribution in [0.4, 0.5) is 10.5 Å². The van der Waals surface area contributed by atoms with Crippen LogP contribution in [0.2, 0.25) is 0 Å². The molecule has 1 aliphatic rings. The minimum Gasteiger partial charge on any atom is -0.495 e. The lowest BCUT2D eigenvalue weighted by atomic mass is 10.1. The summed E-state index contributed by atoms with van der Waals surface area (Å²) in [6.07, 6.45) is 0. The fourth-order valence-electron chi connectivity index (χ4n) is 2.53. The summed E-state index contributed by atoms with van der Waals surface area (Å²) in [6.45, 7) is 2.65. The van der Waals surface area contributed by atoms with E-state index in [4.69, 9.17) is 9.84 Å². The van der Waals surface area contributed by atoms with Crippen molar-refractivity contribution in [3.63, 3.8) is 0 Å². The molecular weight excluding hydrogens is 314 g/mol. The monoisotopic (exact) mass is 335 g/mol. The molecule has 130 valence electrons. The number of carbonyl (C=O) groups excluding carboxylic acids is 2. The quantitative estimate of drug-likeness (QED) is 0.808. The predicted octanol–water partition coefficient (Wildman–Crippen LogP) is 1.02. The number of nitrogens with one attached hydrogen (secondary N) is 1. The Balaban J connectivity index is 2.26. The van der Waals surface area contributed by atoms with Gasteiger partial charge in [-0.05, 0) is 18.2 Å². The molecule has 0 spiro atoms. The molecule has 0 aromatic heterocycles. The number of carbonyl (C=O) groups is 3. The smallest absolute Gasteiger partial charge is 0.322 e. The molecule has 24 heavy (non-hydrogen) atoms. The van der Waals surface area contributed by atoms with Gasteiger partial charge >= 0.3 is 12.0 Å². The van der Waals surface area contributed by atoms with E-state index in [1.54, 1.807) is 32.2 Å². The summed E-state index contributed by atoms with van der Waals surface area (Å²) >= 11 is 0. The van der Waals surface area contributed by atoms with Crippen molar-refractivity contribution >= 4 is 23.6 Å². The van der Waals surface area contributed by atoms with Gasteiger partial charge in [0.05, 0.1) is 18.7 Å². The van der Waals surface area contributed by atoms with Crippen LogP contribution in [0.15, 0.2) is 18.2 Å². The van der Waals surface area contributed by atoms with E-state index in [9.17, 15) is 14.4 Å². The van der Waals surface area contributed by atoms with Crippen LogP contribution in [0.5, 0.6) is 5.75 Å². The zero-order chi connectivity index (χ0) is 17.9. The van der Waals surface area contributed by atoms with Crippen LogP contribution >= 0.6 is 0 Å². The van der Waals surface area contributed by atoms with Crippen LogP contribution in [0.25, 0.3) is 0 Å². The van der Waals surface area contributed by atoms with Crippen molar-refractivity contribution < 1.29 is 24.2 Å². The second-order valence-corrected chi connectivity index (χ2v) is 5.70. The Hall–Kier alpha value is -2.77. The number of carboxylic acids is 1. The number of rotatable bonds is 6. The maximum Gasteiger partial charge on any atom is 0.322 e. The maximum absolute atomic E-state index is 12.5. The Morgan fingerprint density at radius 2 is 2.17 bits per heavy atom. The molecule has 3 amide bonds. The van der Waals surface area contributed by atoms with Crippen molar-refractivity contribution in [1.82, 2.24) is 10.2 Å². The summed E-state index contributed by atoms with van der Waals surface area (Å²) in [5.74, 6) is -1.45. The van der Waals surface area contributed by atoms with Crippen molar-refractivity contribution in [2.75, 3.05) is 38.7 Å². The van der Waals surface area contributed by atoms with Crippen LogP contribution in [0, 0.1) is 5.92 Å². The van der Waals surface area contributed by atoms with Gasteiger partial charge in [-0.15, -0.1) is 0 Å². The molecule has 0 saturated carbocycles. The SMILES string of the molecule is COc1ccc(C(=O)N(C)CC(C)C(=O)O)cc1N1CCNC1=O. The van der Waals surface area contributed by atoms with Crippen molar-refractivity contribution in [1.29, 1.82) is 0 Å². The number of ether oxygens (including phenoxy) is 1. The molecule has 0 radical (unpaired) electrons. The number of aliphatic carboxylic acids is 1. The highest BCUT2D eigenvalue weighted by molar-refractivity contribution is 5.99. The molecule has 0 bridgehead atoms. The van der Waals surface area contributed by atoms with E-state index in [0.717, 1.165) is 0 Å². The predicted molar refractivity (Wildman–Crippen MR) is 87.5 cm³/mol. The fourth-order valence-corrected chi connectivity index (χ4v) is 2.53. The lowest BCUT2D eigenvalue weighted by Crippen LogP contribution is -2.34. The molecule has 1 fully saturated rings. The number of carboxylic acid groups (broad SMARTS) is 1. The Bertz CT molecular complexity index is 661. The Morgan fingerprint density at radius 1 is 1.46 bits per heavy atom. The molecule has 1 aromatic rings. The van der Waals surface area contributed by atoms with Gasteiger partial charge in [-0.1, -0.05) is 6.92 Å². The standard InChI is InChI=1S/C16H21N3O5/c1-10(15(21)22)9-18(2)14(20)11-4-5-13(24-3)12(8-11)19-7-6-17-16(19)23/h4-5,8,10H,6-7,9H2,1-3H3,(H,17,23)(H,21,22). The first kappa shape index (κ1) is 17.6. The lowest BCUT2D eigenvalue weighted by Gasteiger charge is -2.22. The molecule has 8 heteroatoms. The summed E-state index contributed by atoms with van der Waals surface area (Å²) in [5, 5.41) is 11.7. The third kappa shape index (κ3) is 3.58. The van der Waals surface area contributed by atoms with E-state index < -0.39 is 11.9 Å². The Labute approximate surface area is 140 Å². The maximum atomic E-state index is 12.5.